The monoisotopic (exact) mass is 434 g/mol. The van der Waals surface area contributed by atoms with Gasteiger partial charge in [-0.3, -0.25) is 4.79 Å². The van der Waals surface area contributed by atoms with E-state index in [9.17, 15) is 15.0 Å². The van der Waals surface area contributed by atoms with Gasteiger partial charge in [0.05, 0.1) is 5.60 Å². The molecule has 3 nitrogen and oxygen atoms in total. The average Bonchev–Trinajstić information content (AvgIpc) is 2.99. The minimum Gasteiger partial charge on any atom is -0.396 e. The van der Waals surface area contributed by atoms with E-state index in [1.165, 1.54) is 30.6 Å². The number of allylic oxidation sites excluding steroid dienone is 1. The molecule has 0 heterocycles. The second-order valence-electron chi connectivity index (χ2n) is 11.2. The van der Waals surface area contributed by atoms with Crippen LogP contribution in [0.1, 0.15) is 91.4 Å². The second-order valence-corrected chi connectivity index (χ2v) is 12.5. The molecule has 0 aromatic heterocycles. The molecule has 4 rings (SSSR count). The molecule has 0 aliphatic heterocycles. The Hall–Kier alpha value is -0.320. The quantitative estimate of drug-likeness (QED) is 0.517. The largest absolute Gasteiger partial charge is 0.396 e. The van der Waals surface area contributed by atoms with Gasteiger partial charge in [0.1, 0.15) is 0 Å². The van der Waals surface area contributed by atoms with Gasteiger partial charge in [0, 0.05) is 18.3 Å². The van der Waals surface area contributed by atoms with Crippen LogP contribution >= 0.6 is 11.8 Å². The van der Waals surface area contributed by atoms with Gasteiger partial charge < -0.3 is 10.2 Å². The number of carbonyl (C=O) groups excluding carboxylic acids is 1. The van der Waals surface area contributed by atoms with Gasteiger partial charge in [-0.25, -0.2) is 0 Å². The Morgan fingerprint density at radius 3 is 2.63 bits per heavy atom. The van der Waals surface area contributed by atoms with E-state index < -0.39 is 5.60 Å². The average molecular weight is 435 g/mol. The van der Waals surface area contributed by atoms with Gasteiger partial charge in [0.25, 0.3) is 0 Å². The van der Waals surface area contributed by atoms with Gasteiger partial charge in [-0.2, -0.15) is 11.8 Å². The summed E-state index contributed by atoms with van der Waals surface area (Å²) in [6.07, 6.45) is 13.0. The molecule has 3 saturated carbocycles. The lowest BCUT2D eigenvalue weighted by Gasteiger charge is -2.61. The van der Waals surface area contributed by atoms with Crippen LogP contribution in [0.5, 0.6) is 0 Å². The predicted molar refractivity (Wildman–Crippen MR) is 125 cm³/mol. The van der Waals surface area contributed by atoms with Gasteiger partial charge in [-0.05, 0) is 98.2 Å². The number of rotatable bonds is 7. The number of ketones is 1. The molecule has 0 bridgehead atoms. The minimum atomic E-state index is -0.621. The summed E-state index contributed by atoms with van der Waals surface area (Å²) in [4.78, 5) is 12.3. The van der Waals surface area contributed by atoms with Crippen molar-refractivity contribution in [1.29, 1.82) is 0 Å². The number of unbranched alkanes of at least 4 members (excludes halogenated alkanes) is 1. The van der Waals surface area contributed by atoms with Gasteiger partial charge in [0.2, 0.25) is 0 Å². The number of hydrogen-bond donors (Lipinski definition) is 2. The lowest BCUT2D eigenvalue weighted by atomic mass is 9.46. The van der Waals surface area contributed by atoms with E-state index in [-0.39, 0.29) is 17.4 Å². The van der Waals surface area contributed by atoms with E-state index >= 15 is 0 Å². The SMILES string of the molecule is CCCCSC1CC2=CC(=O)CC[C@]2(C)[C@@H]2CC[C@@]3(C)[C@@H](CCC3(O)CCCO)[C@H]12. The number of carbonyl (C=O) groups is 1. The van der Waals surface area contributed by atoms with Crippen LogP contribution in [-0.4, -0.2) is 39.2 Å². The van der Waals surface area contributed by atoms with Crippen molar-refractivity contribution in [3.63, 3.8) is 0 Å². The molecule has 2 N–H and O–H groups in total. The van der Waals surface area contributed by atoms with Crippen molar-refractivity contribution < 1.29 is 15.0 Å². The maximum absolute atomic E-state index is 12.3. The van der Waals surface area contributed by atoms with Gasteiger partial charge in [-0.1, -0.05) is 32.8 Å². The first-order chi connectivity index (χ1) is 14.3. The van der Waals surface area contributed by atoms with Crippen LogP contribution in [0.15, 0.2) is 11.6 Å². The van der Waals surface area contributed by atoms with Crippen LogP contribution in [0, 0.1) is 28.6 Å². The lowest BCUT2D eigenvalue weighted by Crippen LogP contribution is -2.57. The van der Waals surface area contributed by atoms with Gasteiger partial charge >= 0.3 is 0 Å². The van der Waals surface area contributed by atoms with E-state index in [1.54, 1.807) is 0 Å². The van der Waals surface area contributed by atoms with Crippen molar-refractivity contribution in [2.24, 2.45) is 28.6 Å². The second kappa shape index (κ2) is 8.56. The fraction of sp³-hybridized carbons (Fsp3) is 0.885. The smallest absolute Gasteiger partial charge is 0.155 e. The van der Waals surface area contributed by atoms with Crippen molar-refractivity contribution in [3.8, 4) is 0 Å². The number of hydrogen-bond acceptors (Lipinski definition) is 4. The summed E-state index contributed by atoms with van der Waals surface area (Å²) in [5, 5.41) is 21.7. The third-order valence-corrected chi connectivity index (χ3v) is 11.3. The van der Waals surface area contributed by atoms with Crippen molar-refractivity contribution >= 4 is 17.5 Å². The van der Waals surface area contributed by atoms with Crippen LogP contribution < -0.4 is 0 Å². The fourth-order valence-corrected chi connectivity index (χ4v) is 9.60. The molecule has 0 spiro atoms. The highest BCUT2D eigenvalue weighted by atomic mass is 32.2. The Morgan fingerprint density at radius 2 is 1.90 bits per heavy atom. The zero-order valence-corrected chi connectivity index (χ0v) is 20.1. The minimum absolute atomic E-state index is 0.0328. The molecular weight excluding hydrogens is 392 g/mol. The van der Waals surface area contributed by atoms with Crippen LogP contribution in [0.25, 0.3) is 0 Å². The molecule has 0 saturated heterocycles. The highest BCUT2D eigenvalue weighted by Crippen LogP contribution is 2.69. The molecular formula is C26H42O3S. The zero-order valence-electron chi connectivity index (χ0n) is 19.3. The molecule has 4 aliphatic rings. The molecule has 0 aromatic carbocycles. The first-order valence-electron chi connectivity index (χ1n) is 12.5. The molecule has 0 radical (unpaired) electrons. The molecule has 4 aliphatic carbocycles. The number of thioether (sulfide) groups is 1. The van der Waals surface area contributed by atoms with Crippen molar-refractivity contribution in [3.05, 3.63) is 11.6 Å². The highest BCUT2D eigenvalue weighted by molar-refractivity contribution is 7.99. The van der Waals surface area contributed by atoms with Crippen molar-refractivity contribution in [2.45, 2.75) is 102 Å². The third-order valence-electron chi connectivity index (χ3n) is 9.86. The Kier molecular flexibility index (Phi) is 6.52. The maximum Gasteiger partial charge on any atom is 0.155 e. The van der Waals surface area contributed by atoms with Crippen LogP contribution in [0.2, 0.25) is 0 Å². The zero-order chi connectivity index (χ0) is 21.6. The van der Waals surface area contributed by atoms with Crippen molar-refractivity contribution in [1.82, 2.24) is 0 Å². The summed E-state index contributed by atoms with van der Waals surface area (Å²) in [5.74, 6) is 3.39. The Morgan fingerprint density at radius 1 is 1.13 bits per heavy atom. The third kappa shape index (κ3) is 3.53. The molecule has 3 fully saturated rings. The Labute approximate surface area is 187 Å². The maximum atomic E-state index is 12.3. The summed E-state index contributed by atoms with van der Waals surface area (Å²) in [5.41, 5.74) is 0.956. The molecule has 30 heavy (non-hydrogen) atoms. The molecule has 4 heteroatoms. The number of aliphatic hydroxyl groups excluding tert-OH is 1. The van der Waals surface area contributed by atoms with E-state index in [0.29, 0.717) is 41.6 Å². The Balaban J connectivity index is 1.67. The standard InChI is InChI=1S/C26H42O3S/c1-4-5-15-30-22-17-18-16-19(28)7-11-24(18,2)20-8-12-25(3)21(23(20)22)9-13-26(25,29)10-6-14-27/h16,20-23,27,29H,4-15,17H2,1-3H3/t20-,21+,22?,23-,24+,25+,26?/m1/s1. The summed E-state index contributed by atoms with van der Waals surface area (Å²) in [7, 11) is 0. The van der Waals surface area contributed by atoms with E-state index in [0.717, 1.165) is 38.5 Å². The summed E-state index contributed by atoms with van der Waals surface area (Å²) >= 11 is 2.16. The van der Waals surface area contributed by atoms with E-state index in [1.807, 2.05) is 6.08 Å². The number of aliphatic hydroxyl groups is 2. The van der Waals surface area contributed by atoms with E-state index in [2.05, 4.69) is 32.5 Å². The molecule has 7 atom stereocenters. The molecule has 0 amide bonds. The van der Waals surface area contributed by atoms with Crippen LogP contribution in [0.4, 0.5) is 0 Å². The Bertz CT molecular complexity index is 690. The predicted octanol–water partition coefficient (Wildman–Crippen LogP) is 5.53. The first-order valence-corrected chi connectivity index (χ1v) is 13.5. The van der Waals surface area contributed by atoms with Crippen molar-refractivity contribution in [2.75, 3.05) is 12.4 Å². The van der Waals surface area contributed by atoms with Gasteiger partial charge in [0.15, 0.2) is 5.78 Å². The highest BCUT2D eigenvalue weighted by Gasteiger charge is 2.65. The molecule has 170 valence electrons. The van der Waals surface area contributed by atoms with Gasteiger partial charge in [-0.15, -0.1) is 0 Å². The fourth-order valence-electron chi connectivity index (χ4n) is 7.94. The number of fused-ring (bicyclic) bond motifs is 5. The molecule has 2 unspecified atom stereocenters. The summed E-state index contributed by atoms with van der Waals surface area (Å²) in [6.45, 7) is 7.25. The summed E-state index contributed by atoms with van der Waals surface area (Å²) < 4.78 is 0. The van der Waals surface area contributed by atoms with Crippen LogP contribution in [0.3, 0.4) is 0 Å². The van der Waals surface area contributed by atoms with Crippen LogP contribution in [-0.2, 0) is 4.79 Å². The summed E-state index contributed by atoms with van der Waals surface area (Å²) in [6, 6.07) is 0. The van der Waals surface area contributed by atoms with E-state index in [4.69, 9.17) is 0 Å². The normalized spacial score (nSPS) is 45.5. The lowest BCUT2D eigenvalue weighted by molar-refractivity contribution is -0.132. The molecule has 0 aromatic rings. The topological polar surface area (TPSA) is 57.5 Å². The first kappa shape index (κ1) is 22.9.